The molecule has 0 aromatic heterocycles. The Morgan fingerprint density at radius 3 is 2.76 bits per heavy atom. The van der Waals surface area contributed by atoms with Gasteiger partial charge in [-0.05, 0) is 43.4 Å². The molecule has 1 unspecified atom stereocenters. The fourth-order valence-corrected chi connectivity index (χ4v) is 3.37. The third-order valence-corrected chi connectivity index (χ3v) is 4.53. The molecule has 0 spiro atoms. The molecule has 1 aliphatic rings. The number of amides is 1. The Morgan fingerprint density at radius 2 is 2.10 bits per heavy atom. The van der Waals surface area contributed by atoms with Crippen LogP contribution in [0.2, 0.25) is 5.02 Å². The molecule has 0 saturated heterocycles. The Bertz CT molecular complexity index is 458. The van der Waals surface area contributed by atoms with Crippen LogP contribution in [0.15, 0.2) is 24.3 Å². The second kappa shape index (κ2) is 8.40. The summed E-state index contributed by atoms with van der Waals surface area (Å²) in [5.41, 5.74) is 0.750. The van der Waals surface area contributed by atoms with Crippen molar-refractivity contribution in [2.75, 3.05) is 11.9 Å². The molecule has 1 amide bonds. The fourth-order valence-electron chi connectivity index (χ4n) is 3.18. The molecule has 0 aliphatic heterocycles. The summed E-state index contributed by atoms with van der Waals surface area (Å²) in [4.78, 5) is 12.0. The van der Waals surface area contributed by atoms with Crippen molar-refractivity contribution < 1.29 is 4.79 Å². The summed E-state index contributed by atoms with van der Waals surface area (Å²) in [6, 6.07) is 7.70. The van der Waals surface area contributed by atoms with E-state index < -0.39 is 0 Å². The maximum atomic E-state index is 12.0. The van der Waals surface area contributed by atoms with Crippen LogP contribution in [-0.4, -0.2) is 18.5 Å². The topological polar surface area (TPSA) is 41.1 Å². The molecular formula is C17H25ClN2O. The zero-order valence-electron chi connectivity index (χ0n) is 12.7. The first kappa shape index (κ1) is 16.3. The van der Waals surface area contributed by atoms with Crippen molar-refractivity contribution in [1.82, 2.24) is 5.32 Å². The van der Waals surface area contributed by atoms with E-state index in [1.165, 1.54) is 32.1 Å². The zero-order valence-corrected chi connectivity index (χ0v) is 13.5. The molecule has 0 heterocycles. The molecule has 1 atom stereocenters. The predicted octanol–water partition coefficient (Wildman–Crippen LogP) is 4.23. The minimum Gasteiger partial charge on any atom is -0.325 e. The summed E-state index contributed by atoms with van der Waals surface area (Å²) in [6.07, 6.45) is 7.69. The predicted molar refractivity (Wildman–Crippen MR) is 88.7 cm³/mol. The maximum absolute atomic E-state index is 12.0. The zero-order chi connectivity index (χ0) is 15.1. The minimum atomic E-state index is -0.00785. The second-order valence-corrected chi connectivity index (χ2v) is 6.29. The molecule has 1 aromatic carbocycles. The van der Waals surface area contributed by atoms with E-state index in [4.69, 9.17) is 11.6 Å². The van der Waals surface area contributed by atoms with Gasteiger partial charge in [-0.1, -0.05) is 43.9 Å². The molecular weight excluding hydrogens is 284 g/mol. The van der Waals surface area contributed by atoms with E-state index in [-0.39, 0.29) is 5.91 Å². The SMILES string of the molecule is CCC(NCC(=O)Nc1cccc(Cl)c1)C1CCCCC1. The average Bonchev–Trinajstić information content (AvgIpc) is 2.49. The summed E-state index contributed by atoms with van der Waals surface area (Å²) >= 11 is 5.91. The normalized spacial score (nSPS) is 17.4. The summed E-state index contributed by atoms with van der Waals surface area (Å²) in [5.74, 6) is 0.717. The average molecular weight is 309 g/mol. The lowest BCUT2D eigenvalue weighted by atomic mass is 9.83. The number of rotatable bonds is 6. The monoisotopic (exact) mass is 308 g/mol. The highest BCUT2D eigenvalue weighted by molar-refractivity contribution is 6.30. The first-order valence-corrected chi connectivity index (χ1v) is 8.35. The van der Waals surface area contributed by atoms with Gasteiger partial charge in [-0.15, -0.1) is 0 Å². The van der Waals surface area contributed by atoms with Gasteiger partial charge < -0.3 is 10.6 Å². The fraction of sp³-hybridized carbons (Fsp3) is 0.588. The molecule has 1 aliphatic carbocycles. The smallest absolute Gasteiger partial charge is 0.238 e. The van der Waals surface area contributed by atoms with Crippen molar-refractivity contribution in [2.45, 2.75) is 51.5 Å². The highest BCUT2D eigenvalue weighted by Gasteiger charge is 2.22. The van der Waals surface area contributed by atoms with Gasteiger partial charge in [0, 0.05) is 16.8 Å². The first-order chi connectivity index (χ1) is 10.2. The van der Waals surface area contributed by atoms with Gasteiger partial charge in [0.1, 0.15) is 0 Å². The molecule has 4 heteroatoms. The molecule has 116 valence electrons. The number of hydrogen-bond donors (Lipinski definition) is 2. The highest BCUT2D eigenvalue weighted by atomic mass is 35.5. The molecule has 2 N–H and O–H groups in total. The van der Waals surface area contributed by atoms with E-state index in [2.05, 4.69) is 17.6 Å². The van der Waals surface area contributed by atoms with Crippen molar-refractivity contribution in [3.63, 3.8) is 0 Å². The van der Waals surface area contributed by atoms with Crippen LogP contribution in [-0.2, 0) is 4.79 Å². The van der Waals surface area contributed by atoms with Crippen molar-refractivity contribution >= 4 is 23.2 Å². The van der Waals surface area contributed by atoms with Gasteiger partial charge in [-0.2, -0.15) is 0 Å². The van der Waals surface area contributed by atoms with E-state index in [0.29, 0.717) is 17.6 Å². The summed E-state index contributed by atoms with van der Waals surface area (Å²) in [7, 11) is 0. The van der Waals surface area contributed by atoms with Crippen molar-refractivity contribution in [3.05, 3.63) is 29.3 Å². The third-order valence-electron chi connectivity index (χ3n) is 4.29. The van der Waals surface area contributed by atoms with E-state index in [1.807, 2.05) is 12.1 Å². The van der Waals surface area contributed by atoms with Crippen LogP contribution in [0.25, 0.3) is 0 Å². The molecule has 1 fully saturated rings. The molecule has 21 heavy (non-hydrogen) atoms. The van der Waals surface area contributed by atoms with Crippen LogP contribution >= 0.6 is 11.6 Å². The number of hydrogen-bond acceptors (Lipinski definition) is 2. The number of carbonyl (C=O) groups is 1. The van der Waals surface area contributed by atoms with Crippen LogP contribution in [0.5, 0.6) is 0 Å². The van der Waals surface area contributed by atoms with Crippen LogP contribution in [0.4, 0.5) is 5.69 Å². The lowest BCUT2D eigenvalue weighted by molar-refractivity contribution is -0.115. The summed E-state index contributed by atoms with van der Waals surface area (Å²) in [6.45, 7) is 2.56. The lowest BCUT2D eigenvalue weighted by Gasteiger charge is -2.30. The molecule has 2 rings (SSSR count). The van der Waals surface area contributed by atoms with Crippen LogP contribution in [0.3, 0.4) is 0 Å². The molecule has 0 radical (unpaired) electrons. The van der Waals surface area contributed by atoms with Gasteiger partial charge in [0.2, 0.25) is 5.91 Å². The summed E-state index contributed by atoms with van der Waals surface area (Å²) in [5, 5.41) is 6.94. The second-order valence-electron chi connectivity index (χ2n) is 5.85. The molecule has 3 nitrogen and oxygen atoms in total. The van der Waals surface area contributed by atoms with Gasteiger partial charge in [-0.3, -0.25) is 4.79 Å². The van der Waals surface area contributed by atoms with Crippen LogP contribution in [0.1, 0.15) is 45.4 Å². The molecule has 0 bridgehead atoms. The summed E-state index contributed by atoms with van der Waals surface area (Å²) < 4.78 is 0. The van der Waals surface area contributed by atoms with Crippen molar-refractivity contribution in [1.29, 1.82) is 0 Å². The van der Waals surface area contributed by atoms with Gasteiger partial charge in [0.05, 0.1) is 6.54 Å². The maximum Gasteiger partial charge on any atom is 0.238 e. The third kappa shape index (κ3) is 5.33. The number of carbonyl (C=O) groups excluding carboxylic acids is 1. The van der Waals surface area contributed by atoms with E-state index in [0.717, 1.165) is 18.0 Å². The van der Waals surface area contributed by atoms with Gasteiger partial charge in [0.15, 0.2) is 0 Å². The standard InChI is InChI=1S/C17H25ClN2O/c1-2-16(13-7-4-3-5-8-13)19-12-17(21)20-15-10-6-9-14(18)11-15/h6,9-11,13,16,19H,2-5,7-8,12H2,1H3,(H,20,21). The Morgan fingerprint density at radius 1 is 1.33 bits per heavy atom. The number of halogens is 1. The highest BCUT2D eigenvalue weighted by Crippen LogP contribution is 2.27. The van der Waals surface area contributed by atoms with Crippen LogP contribution < -0.4 is 10.6 Å². The lowest BCUT2D eigenvalue weighted by Crippen LogP contribution is -2.41. The first-order valence-electron chi connectivity index (χ1n) is 7.98. The Kier molecular flexibility index (Phi) is 6.52. The van der Waals surface area contributed by atoms with E-state index >= 15 is 0 Å². The Hall–Kier alpha value is -1.06. The number of nitrogens with one attached hydrogen (secondary N) is 2. The van der Waals surface area contributed by atoms with Gasteiger partial charge >= 0.3 is 0 Å². The Labute approximate surface area is 132 Å². The van der Waals surface area contributed by atoms with Crippen molar-refractivity contribution in [2.24, 2.45) is 5.92 Å². The largest absolute Gasteiger partial charge is 0.325 e. The van der Waals surface area contributed by atoms with Crippen molar-refractivity contribution in [3.8, 4) is 0 Å². The minimum absolute atomic E-state index is 0.00785. The van der Waals surface area contributed by atoms with E-state index in [9.17, 15) is 4.79 Å². The molecule has 1 aromatic rings. The number of anilines is 1. The van der Waals surface area contributed by atoms with Gasteiger partial charge in [0.25, 0.3) is 0 Å². The van der Waals surface area contributed by atoms with E-state index in [1.54, 1.807) is 12.1 Å². The molecule has 1 saturated carbocycles. The van der Waals surface area contributed by atoms with Gasteiger partial charge in [-0.25, -0.2) is 0 Å². The quantitative estimate of drug-likeness (QED) is 0.826. The number of benzene rings is 1. The Balaban J connectivity index is 1.79. The van der Waals surface area contributed by atoms with Crippen LogP contribution in [0, 0.1) is 5.92 Å².